The average molecular weight is 410 g/mol. The van der Waals surface area contributed by atoms with E-state index < -0.39 is 17.2 Å². The number of ketones is 1. The quantitative estimate of drug-likeness (QED) is 0.505. The molecule has 1 aliphatic heterocycles. The van der Waals surface area contributed by atoms with Crippen molar-refractivity contribution in [3.05, 3.63) is 103 Å². The highest BCUT2D eigenvalue weighted by molar-refractivity contribution is 6.24. The zero-order valence-corrected chi connectivity index (χ0v) is 16.9. The number of H-pyrrole nitrogens is 1. The van der Waals surface area contributed by atoms with Crippen LogP contribution in [0.4, 0.5) is 5.82 Å². The van der Waals surface area contributed by atoms with Gasteiger partial charge in [0.2, 0.25) is 0 Å². The Labute approximate surface area is 176 Å². The molecule has 0 radical (unpaired) electrons. The molecule has 6 rings (SSSR count). The van der Waals surface area contributed by atoms with Crippen molar-refractivity contribution in [1.29, 1.82) is 0 Å². The highest BCUT2D eigenvalue weighted by Crippen LogP contribution is 2.48. The summed E-state index contributed by atoms with van der Waals surface area (Å²) in [6.45, 7) is 0. The van der Waals surface area contributed by atoms with Crippen LogP contribution >= 0.6 is 0 Å². The largest absolute Gasteiger partial charge is 0.361 e. The predicted molar refractivity (Wildman–Crippen MR) is 118 cm³/mol. The molecule has 1 aliphatic carbocycles. The van der Waals surface area contributed by atoms with Crippen molar-refractivity contribution in [3.8, 4) is 0 Å². The fourth-order valence-electron chi connectivity index (χ4n) is 4.90. The number of para-hydroxylation sites is 1. The van der Waals surface area contributed by atoms with Gasteiger partial charge in [-0.15, -0.1) is 0 Å². The molecule has 2 N–H and O–H groups in total. The molecule has 0 fully saturated rings. The number of aromatic amines is 1. The van der Waals surface area contributed by atoms with Crippen LogP contribution in [0.25, 0.3) is 16.6 Å². The van der Waals surface area contributed by atoms with Gasteiger partial charge in [-0.05, 0) is 11.6 Å². The summed E-state index contributed by atoms with van der Waals surface area (Å²) in [6.07, 6.45) is 1.86. The van der Waals surface area contributed by atoms with E-state index in [1.54, 1.807) is 13.1 Å². The SMILES string of the molecule is Cn1c2c(c(=O)n(C)c1=O)[C@H](c1c[nH]c3ccccc13)C1=C(N2)c2ccccc2C1=O. The molecule has 152 valence electrons. The third-order valence-electron chi connectivity index (χ3n) is 6.41. The van der Waals surface area contributed by atoms with E-state index in [0.29, 0.717) is 28.2 Å². The Hall–Kier alpha value is -4.13. The molecule has 4 aromatic rings. The number of aromatic nitrogens is 3. The number of benzene rings is 2. The number of allylic oxidation sites excluding steroid dienone is 1. The van der Waals surface area contributed by atoms with Crippen LogP contribution in [0.1, 0.15) is 33.0 Å². The lowest BCUT2D eigenvalue weighted by Crippen LogP contribution is -2.42. The first-order valence-corrected chi connectivity index (χ1v) is 10.00. The highest BCUT2D eigenvalue weighted by Gasteiger charge is 2.43. The fraction of sp³-hybridized carbons (Fsp3) is 0.125. The zero-order chi connectivity index (χ0) is 21.4. The Balaban J connectivity index is 1.76. The maximum Gasteiger partial charge on any atom is 0.332 e. The number of rotatable bonds is 1. The lowest BCUT2D eigenvalue weighted by atomic mass is 9.81. The van der Waals surface area contributed by atoms with E-state index in [0.717, 1.165) is 26.6 Å². The summed E-state index contributed by atoms with van der Waals surface area (Å²) < 4.78 is 2.54. The highest BCUT2D eigenvalue weighted by atomic mass is 16.2. The third-order valence-corrected chi connectivity index (χ3v) is 6.41. The van der Waals surface area contributed by atoms with Crippen molar-refractivity contribution in [1.82, 2.24) is 14.1 Å². The summed E-state index contributed by atoms with van der Waals surface area (Å²) >= 11 is 0. The second kappa shape index (κ2) is 5.95. The summed E-state index contributed by atoms with van der Waals surface area (Å²) in [5.41, 5.74) is 3.90. The molecule has 7 heteroatoms. The molecule has 7 nitrogen and oxygen atoms in total. The molecule has 0 spiro atoms. The van der Waals surface area contributed by atoms with Gasteiger partial charge in [0.05, 0.1) is 17.2 Å². The molecule has 1 atom stereocenters. The second-order valence-electron chi connectivity index (χ2n) is 7.98. The van der Waals surface area contributed by atoms with Crippen LogP contribution < -0.4 is 16.6 Å². The minimum absolute atomic E-state index is 0.102. The summed E-state index contributed by atoms with van der Waals surface area (Å²) in [5, 5.41) is 4.20. The van der Waals surface area contributed by atoms with Gasteiger partial charge < -0.3 is 10.3 Å². The van der Waals surface area contributed by atoms with E-state index in [4.69, 9.17) is 0 Å². The Bertz CT molecular complexity index is 1600. The number of nitrogens with zero attached hydrogens (tertiary/aromatic N) is 2. The minimum atomic E-state index is -0.604. The van der Waals surface area contributed by atoms with Gasteiger partial charge in [-0.3, -0.25) is 18.7 Å². The maximum atomic E-state index is 13.5. The molecule has 0 bridgehead atoms. The molecule has 2 aromatic heterocycles. The molecule has 0 saturated carbocycles. The number of fused-ring (bicyclic) bond motifs is 4. The first kappa shape index (κ1) is 17.7. The fourth-order valence-corrected chi connectivity index (χ4v) is 4.90. The van der Waals surface area contributed by atoms with Crippen LogP contribution in [0, 0.1) is 0 Å². The number of carbonyl (C=O) groups is 1. The van der Waals surface area contributed by atoms with Crippen molar-refractivity contribution in [3.63, 3.8) is 0 Å². The van der Waals surface area contributed by atoms with E-state index in [-0.39, 0.29) is 5.78 Å². The monoisotopic (exact) mass is 410 g/mol. The normalized spacial score (nSPS) is 16.8. The first-order valence-electron chi connectivity index (χ1n) is 10.00. The van der Waals surface area contributed by atoms with Gasteiger partial charge in [-0.2, -0.15) is 0 Å². The molecule has 0 saturated heterocycles. The third kappa shape index (κ3) is 2.15. The molecule has 0 amide bonds. The smallest absolute Gasteiger partial charge is 0.332 e. The first-order chi connectivity index (χ1) is 15.0. The van der Waals surface area contributed by atoms with E-state index in [1.807, 2.05) is 48.7 Å². The second-order valence-corrected chi connectivity index (χ2v) is 7.98. The zero-order valence-electron chi connectivity index (χ0n) is 16.9. The number of Topliss-reactive ketones (excluding diaryl/α,β-unsaturated/α-hetero) is 1. The van der Waals surface area contributed by atoms with Crippen LogP contribution in [0.15, 0.2) is 69.9 Å². The van der Waals surface area contributed by atoms with E-state index in [1.165, 1.54) is 11.6 Å². The van der Waals surface area contributed by atoms with Gasteiger partial charge in [0.15, 0.2) is 5.78 Å². The lowest BCUT2D eigenvalue weighted by molar-refractivity contribution is 0.103. The van der Waals surface area contributed by atoms with Crippen LogP contribution in [0.5, 0.6) is 0 Å². The Morgan fingerprint density at radius 1 is 0.871 bits per heavy atom. The van der Waals surface area contributed by atoms with Gasteiger partial charge in [0.1, 0.15) is 5.82 Å². The van der Waals surface area contributed by atoms with Gasteiger partial charge in [0.25, 0.3) is 5.56 Å². The van der Waals surface area contributed by atoms with Crippen LogP contribution in [-0.2, 0) is 14.1 Å². The predicted octanol–water partition coefficient (Wildman–Crippen LogP) is 2.73. The molecular weight excluding hydrogens is 392 g/mol. The summed E-state index contributed by atoms with van der Waals surface area (Å²) in [6, 6.07) is 15.2. The van der Waals surface area contributed by atoms with Gasteiger partial charge >= 0.3 is 5.69 Å². The summed E-state index contributed by atoms with van der Waals surface area (Å²) in [7, 11) is 3.10. The molecular formula is C24H18N4O3. The summed E-state index contributed by atoms with van der Waals surface area (Å²) in [5.74, 6) is -0.283. The van der Waals surface area contributed by atoms with Crippen LogP contribution in [-0.4, -0.2) is 19.9 Å². The lowest BCUT2D eigenvalue weighted by Gasteiger charge is -2.29. The summed E-state index contributed by atoms with van der Waals surface area (Å²) in [4.78, 5) is 42.8. The Morgan fingerprint density at radius 2 is 1.58 bits per heavy atom. The Morgan fingerprint density at radius 3 is 2.39 bits per heavy atom. The van der Waals surface area contributed by atoms with Crippen molar-refractivity contribution in [2.24, 2.45) is 14.1 Å². The molecule has 2 aliphatic rings. The van der Waals surface area contributed by atoms with Crippen molar-refractivity contribution in [2.75, 3.05) is 5.32 Å². The molecule has 31 heavy (non-hydrogen) atoms. The van der Waals surface area contributed by atoms with E-state index >= 15 is 0 Å². The number of nitrogens with one attached hydrogen (secondary N) is 2. The number of carbonyl (C=O) groups excluding carboxylic acids is 1. The maximum absolute atomic E-state index is 13.5. The Kier molecular flexibility index (Phi) is 3.40. The van der Waals surface area contributed by atoms with E-state index in [9.17, 15) is 14.4 Å². The van der Waals surface area contributed by atoms with E-state index in [2.05, 4.69) is 10.3 Å². The van der Waals surface area contributed by atoms with Crippen LogP contribution in [0.3, 0.4) is 0 Å². The van der Waals surface area contributed by atoms with Crippen molar-refractivity contribution < 1.29 is 4.79 Å². The van der Waals surface area contributed by atoms with Crippen molar-refractivity contribution >= 4 is 28.2 Å². The molecule has 2 aromatic carbocycles. The standard InChI is InChI=1S/C24H18N4O3/c1-27-22-19(23(30)28(2)24(27)31)17(15-11-25-16-10-6-5-7-12(15)16)18-20(26-22)13-8-3-4-9-14(13)21(18)29/h3-11,17,25-26H,1-2H3/t17-/m1/s1. The molecule has 3 heterocycles. The minimum Gasteiger partial charge on any atom is -0.361 e. The van der Waals surface area contributed by atoms with Crippen molar-refractivity contribution in [2.45, 2.75) is 5.92 Å². The van der Waals surface area contributed by atoms with Gasteiger partial charge in [0, 0.05) is 47.9 Å². The number of hydrogen-bond donors (Lipinski definition) is 2. The number of hydrogen-bond acceptors (Lipinski definition) is 4. The van der Waals surface area contributed by atoms with Gasteiger partial charge in [-0.1, -0.05) is 42.5 Å². The number of anilines is 1. The topological polar surface area (TPSA) is 88.9 Å². The average Bonchev–Trinajstić information content (AvgIpc) is 3.35. The molecule has 0 unspecified atom stereocenters. The van der Waals surface area contributed by atoms with Crippen LogP contribution in [0.2, 0.25) is 0 Å². The van der Waals surface area contributed by atoms with Gasteiger partial charge in [-0.25, -0.2) is 4.79 Å².